The molecule has 126 valence electrons. The molecule has 0 atom stereocenters. The van der Waals surface area contributed by atoms with Crippen molar-refractivity contribution < 1.29 is 9.53 Å². The summed E-state index contributed by atoms with van der Waals surface area (Å²) in [6.07, 6.45) is 1.74. The Kier molecular flexibility index (Phi) is 6.76. The van der Waals surface area contributed by atoms with Gasteiger partial charge in [0.25, 0.3) is 0 Å². The zero-order valence-corrected chi connectivity index (χ0v) is 15.6. The summed E-state index contributed by atoms with van der Waals surface area (Å²) in [6, 6.07) is 1.89. The molecule has 1 aromatic heterocycles. The Morgan fingerprint density at radius 3 is 2.70 bits per heavy atom. The number of hydrazine groups is 1. The molecule has 0 saturated carbocycles. The maximum Gasteiger partial charge on any atom is 0.426 e. The van der Waals surface area contributed by atoms with Crippen molar-refractivity contribution in [2.45, 2.75) is 46.6 Å². The van der Waals surface area contributed by atoms with Crippen LogP contribution in [0.25, 0.3) is 0 Å². The molecular formula is C15H22BrN5O2. The maximum absolute atomic E-state index is 12.1. The van der Waals surface area contributed by atoms with Gasteiger partial charge in [0.15, 0.2) is 5.82 Å². The van der Waals surface area contributed by atoms with Gasteiger partial charge >= 0.3 is 6.09 Å². The largest absolute Gasteiger partial charge is 0.443 e. The highest BCUT2D eigenvalue weighted by molar-refractivity contribution is 9.10. The molecule has 0 aliphatic heterocycles. The first-order valence-corrected chi connectivity index (χ1v) is 8.11. The lowest BCUT2D eigenvalue weighted by atomic mass is 10.1. The van der Waals surface area contributed by atoms with Crippen molar-refractivity contribution in [3.63, 3.8) is 0 Å². The lowest BCUT2D eigenvalue weighted by molar-refractivity contribution is 0.0519. The number of nitrogens with one attached hydrogen (secondary N) is 1. The second-order valence-corrected chi connectivity index (χ2v) is 7.28. The van der Waals surface area contributed by atoms with Gasteiger partial charge in [0.05, 0.1) is 4.47 Å². The normalized spacial score (nSPS) is 11.0. The summed E-state index contributed by atoms with van der Waals surface area (Å²) < 4.78 is 5.86. The Hall–Kier alpha value is -1.88. The molecule has 0 saturated heterocycles. The molecule has 0 fully saturated rings. The number of hydrogen-bond donors (Lipinski definition) is 1. The van der Waals surface area contributed by atoms with Crippen molar-refractivity contribution >= 4 is 27.8 Å². The molecule has 1 aromatic rings. The summed E-state index contributed by atoms with van der Waals surface area (Å²) in [5, 5.41) is 10.5. The predicted octanol–water partition coefficient (Wildman–Crippen LogP) is 3.40. The number of nitriles is 1. The number of rotatable bonds is 5. The Morgan fingerprint density at radius 1 is 1.52 bits per heavy atom. The number of carbonyl (C=O) groups is 1. The summed E-state index contributed by atoms with van der Waals surface area (Å²) in [4.78, 5) is 20.1. The van der Waals surface area contributed by atoms with Crippen molar-refractivity contribution in [2.24, 2.45) is 5.92 Å². The molecule has 0 bridgehead atoms. The van der Waals surface area contributed by atoms with E-state index in [9.17, 15) is 4.79 Å². The fraction of sp³-hybridized carbons (Fsp3) is 0.600. The van der Waals surface area contributed by atoms with Crippen LogP contribution in [0.4, 0.5) is 10.6 Å². The molecule has 1 heterocycles. The summed E-state index contributed by atoms with van der Waals surface area (Å²) in [5.41, 5.74) is 2.08. The second kappa shape index (κ2) is 8.11. The highest BCUT2D eigenvalue weighted by atomic mass is 79.9. The molecule has 1 rings (SSSR count). The molecule has 23 heavy (non-hydrogen) atoms. The predicted molar refractivity (Wildman–Crippen MR) is 90.6 cm³/mol. The molecule has 1 amide bonds. The van der Waals surface area contributed by atoms with Crippen molar-refractivity contribution in [3.05, 3.63) is 16.5 Å². The number of aromatic nitrogens is 2. The van der Waals surface area contributed by atoms with Gasteiger partial charge in [-0.15, -0.1) is 0 Å². The van der Waals surface area contributed by atoms with Crippen LogP contribution in [0.1, 0.15) is 46.9 Å². The van der Waals surface area contributed by atoms with Crippen LogP contribution in [0, 0.1) is 17.2 Å². The lowest BCUT2D eigenvalue weighted by Gasteiger charge is -2.28. The van der Waals surface area contributed by atoms with E-state index in [0.717, 1.165) is 6.42 Å². The Balaban J connectivity index is 3.01. The van der Waals surface area contributed by atoms with Gasteiger partial charge in [-0.2, -0.15) is 10.2 Å². The number of amides is 1. The SMILES string of the molecule is CC(C)CCN(NC(=O)OC(C)(C)C)c1nc(C#N)ncc1Br. The van der Waals surface area contributed by atoms with Gasteiger partial charge in [-0.1, -0.05) is 13.8 Å². The fourth-order valence-electron chi connectivity index (χ4n) is 1.61. The molecule has 0 aliphatic carbocycles. The Labute approximate surface area is 145 Å². The van der Waals surface area contributed by atoms with Crippen LogP contribution < -0.4 is 10.4 Å². The van der Waals surface area contributed by atoms with E-state index in [1.165, 1.54) is 6.20 Å². The van der Waals surface area contributed by atoms with Crippen LogP contribution in [0.5, 0.6) is 0 Å². The first-order chi connectivity index (χ1) is 10.6. The van der Waals surface area contributed by atoms with Gasteiger partial charge in [0, 0.05) is 12.7 Å². The Morgan fingerprint density at radius 2 is 2.17 bits per heavy atom. The third-order valence-electron chi connectivity index (χ3n) is 2.64. The maximum atomic E-state index is 12.1. The van der Waals surface area contributed by atoms with Gasteiger partial charge in [0.1, 0.15) is 11.7 Å². The standard InChI is InChI=1S/C15H22BrN5O2/c1-10(2)6-7-21(20-14(22)23-15(3,4)5)13-11(16)9-18-12(8-17)19-13/h9-10H,6-7H2,1-5H3,(H,20,22). The average molecular weight is 384 g/mol. The molecule has 0 radical (unpaired) electrons. The van der Waals surface area contributed by atoms with Crippen molar-refractivity contribution in [3.8, 4) is 6.07 Å². The molecule has 0 aliphatic rings. The van der Waals surface area contributed by atoms with E-state index in [0.29, 0.717) is 22.8 Å². The zero-order chi connectivity index (χ0) is 17.6. The minimum atomic E-state index is -0.603. The monoisotopic (exact) mass is 383 g/mol. The van der Waals surface area contributed by atoms with Crippen LogP contribution >= 0.6 is 15.9 Å². The topological polar surface area (TPSA) is 91.1 Å². The van der Waals surface area contributed by atoms with Gasteiger partial charge in [-0.25, -0.2) is 15.2 Å². The number of halogens is 1. The van der Waals surface area contributed by atoms with Gasteiger partial charge in [-0.05, 0) is 49.0 Å². The third kappa shape index (κ3) is 6.82. The minimum absolute atomic E-state index is 0.0312. The van der Waals surface area contributed by atoms with Gasteiger partial charge < -0.3 is 4.74 Å². The van der Waals surface area contributed by atoms with Crippen LogP contribution in [0.15, 0.2) is 10.7 Å². The van der Waals surface area contributed by atoms with Crippen LogP contribution in [0.2, 0.25) is 0 Å². The molecular weight excluding hydrogens is 362 g/mol. The fourth-order valence-corrected chi connectivity index (χ4v) is 2.02. The van der Waals surface area contributed by atoms with E-state index in [2.05, 4.69) is 45.2 Å². The van der Waals surface area contributed by atoms with Crippen LogP contribution in [0.3, 0.4) is 0 Å². The van der Waals surface area contributed by atoms with E-state index in [1.807, 2.05) is 6.07 Å². The van der Waals surface area contributed by atoms with E-state index in [-0.39, 0.29) is 5.82 Å². The minimum Gasteiger partial charge on any atom is -0.443 e. The molecule has 0 unspecified atom stereocenters. The smallest absolute Gasteiger partial charge is 0.426 e. The highest BCUT2D eigenvalue weighted by Gasteiger charge is 2.21. The van der Waals surface area contributed by atoms with Crippen molar-refractivity contribution in [1.82, 2.24) is 15.4 Å². The number of nitrogens with zero attached hydrogens (tertiary/aromatic N) is 4. The van der Waals surface area contributed by atoms with Crippen molar-refractivity contribution in [1.29, 1.82) is 5.26 Å². The van der Waals surface area contributed by atoms with E-state index < -0.39 is 11.7 Å². The molecule has 8 heteroatoms. The summed E-state index contributed by atoms with van der Waals surface area (Å²) in [6.45, 7) is 10.1. The highest BCUT2D eigenvalue weighted by Crippen LogP contribution is 2.23. The average Bonchev–Trinajstić information content (AvgIpc) is 2.42. The van der Waals surface area contributed by atoms with E-state index in [4.69, 9.17) is 10.00 Å². The number of carbonyl (C=O) groups excluding carboxylic acids is 1. The van der Waals surface area contributed by atoms with E-state index >= 15 is 0 Å². The number of anilines is 1. The zero-order valence-electron chi connectivity index (χ0n) is 14.1. The molecule has 0 aromatic carbocycles. The number of hydrogen-bond acceptors (Lipinski definition) is 6. The first-order valence-electron chi connectivity index (χ1n) is 7.32. The summed E-state index contributed by atoms with van der Waals surface area (Å²) in [5.74, 6) is 0.890. The lowest BCUT2D eigenvalue weighted by Crippen LogP contribution is -2.46. The van der Waals surface area contributed by atoms with Crippen LogP contribution in [-0.2, 0) is 4.74 Å². The summed E-state index contributed by atoms with van der Waals surface area (Å²) >= 11 is 3.35. The van der Waals surface area contributed by atoms with E-state index in [1.54, 1.807) is 25.8 Å². The van der Waals surface area contributed by atoms with Gasteiger partial charge in [-0.3, -0.25) is 5.01 Å². The van der Waals surface area contributed by atoms with Crippen molar-refractivity contribution in [2.75, 3.05) is 11.6 Å². The molecule has 7 nitrogen and oxygen atoms in total. The summed E-state index contributed by atoms with van der Waals surface area (Å²) in [7, 11) is 0. The number of ether oxygens (including phenoxy) is 1. The first kappa shape index (κ1) is 19.2. The Bertz CT molecular complexity index is 593. The quantitative estimate of drug-likeness (QED) is 0.783. The van der Waals surface area contributed by atoms with Crippen LogP contribution in [-0.4, -0.2) is 28.2 Å². The van der Waals surface area contributed by atoms with Gasteiger partial charge in [0.2, 0.25) is 5.82 Å². The second-order valence-electron chi connectivity index (χ2n) is 6.42. The molecule has 1 N–H and O–H groups in total. The third-order valence-corrected chi connectivity index (χ3v) is 3.20. The molecule has 0 spiro atoms.